The van der Waals surface area contributed by atoms with E-state index in [9.17, 15) is 13.6 Å². The first-order chi connectivity index (χ1) is 9.60. The molecule has 1 aromatic rings. The number of rotatable bonds is 1. The van der Waals surface area contributed by atoms with E-state index in [0.29, 0.717) is 26.1 Å². The van der Waals surface area contributed by atoms with Gasteiger partial charge in [0.25, 0.3) is 0 Å². The molecule has 1 unspecified atom stereocenters. The third-order valence-electron chi connectivity index (χ3n) is 3.96. The van der Waals surface area contributed by atoms with Crippen molar-refractivity contribution < 1.29 is 13.6 Å². The Morgan fingerprint density at radius 1 is 1.25 bits per heavy atom. The van der Waals surface area contributed by atoms with Gasteiger partial charge in [-0.3, -0.25) is 4.79 Å². The maximum atomic E-state index is 14.0. The topological polar surface area (TPSA) is 47.3 Å². The van der Waals surface area contributed by atoms with Gasteiger partial charge in [-0.25, -0.2) is 8.78 Å². The molecular weight excluding hydrogens is 264 g/mol. The number of piperazine rings is 1. The summed E-state index contributed by atoms with van der Waals surface area (Å²) in [6, 6.07) is 3.86. The van der Waals surface area contributed by atoms with Crippen LogP contribution in [0.4, 0.5) is 14.5 Å². The highest BCUT2D eigenvalue weighted by Crippen LogP contribution is 2.30. The van der Waals surface area contributed by atoms with Crippen LogP contribution in [-0.2, 0) is 4.79 Å². The molecule has 0 N–H and O–H groups in total. The summed E-state index contributed by atoms with van der Waals surface area (Å²) >= 11 is 0. The fourth-order valence-electron chi connectivity index (χ4n) is 3.00. The lowest BCUT2D eigenvalue weighted by atomic mass is 10.1. The van der Waals surface area contributed by atoms with E-state index in [2.05, 4.69) is 0 Å². The van der Waals surface area contributed by atoms with E-state index in [1.54, 1.807) is 15.9 Å². The third kappa shape index (κ3) is 1.99. The van der Waals surface area contributed by atoms with E-state index < -0.39 is 11.6 Å². The summed E-state index contributed by atoms with van der Waals surface area (Å²) in [4.78, 5) is 15.0. The van der Waals surface area contributed by atoms with Crippen molar-refractivity contribution in [2.24, 2.45) is 0 Å². The highest BCUT2D eigenvalue weighted by molar-refractivity contribution is 5.79. The van der Waals surface area contributed by atoms with Gasteiger partial charge < -0.3 is 9.80 Å². The normalized spacial score (nSPS) is 21.9. The van der Waals surface area contributed by atoms with Gasteiger partial charge in [0, 0.05) is 32.1 Å². The Morgan fingerprint density at radius 3 is 2.60 bits per heavy atom. The molecule has 104 valence electrons. The molecule has 6 heteroatoms. The molecule has 1 atom stereocenters. The molecule has 1 amide bonds. The number of fused-ring (bicyclic) bond motifs is 1. The average Bonchev–Trinajstić information content (AvgIpc) is 2.79. The number of nitriles is 1. The van der Waals surface area contributed by atoms with Gasteiger partial charge in [0.05, 0.1) is 11.6 Å². The number of hydrogen-bond donors (Lipinski definition) is 0. The number of carbonyl (C=O) groups excluding carboxylic acids is 1. The molecule has 2 saturated heterocycles. The van der Waals surface area contributed by atoms with Crippen LogP contribution in [0.25, 0.3) is 0 Å². The lowest BCUT2D eigenvalue weighted by Gasteiger charge is -2.39. The molecule has 2 aliphatic heterocycles. The molecule has 4 nitrogen and oxygen atoms in total. The lowest BCUT2D eigenvalue weighted by Crippen LogP contribution is -2.52. The maximum absolute atomic E-state index is 14.0. The van der Waals surface area contributed by atoms with Gasteiger partial charge in [-0.2, -0.15) is 5.26 Å². The van der Waals surface area contributed by atoms with Crippen LogP contribution in [0, 0.1) is 23.0 Å². The summed E-state index contributed by atoms with van der Waals surface area (Å²) < 4.78 is 28.0. The molecule has 0 saturated carbocycles. The van der Waals surface area contributed by atoms with Crippen LogP contribution in [0.3, 0.4) is 0 Å². The first-order valence-corrected chi connectivity index (χ1v) is 6.53. The van der Waals surface area contributed by atoms with Crippen molar-refractivity contribution in [1.29, 1.82) is 5.26 Å². The Kier molecular flexibility index (Phi) is 3.05. The number of benzene rings is 1. The average molecular weight is 277 g/mol. The second-order valence-corrected chi connectivity index (χ2v) is 5.13. The van der Waals surface area contributed by atoms with Crippen LogP contribution in [0.1, 0.15) is 18.4 Å². The smallest absolute Gasteiger partial charge is 0.223 e. The van der Waals surface area contributed by atoms with Crippen molar-refractivity contribution in [1.82, 2.24) is 4.90 Å². The molecule has 0 bridgehead atoms. The highest BCUT2D eigenvalue weighted by atomic mass is 19.1. The predicted molar refractivity (Wildman–Crippen MR) is 68.0 cm³/mol. The molecule has 2 heterocycles. The molecule has 0 aromatic heterocycles. The minimum atomic E-state index is -0.723. The Balaban J connectivity index is 1.88. The first-order valence-electron chi connectivity index (χ1n) is 6.53. The first kappa shape index (κ1) is 12.9. The van der Waals surface area contributed by atoms with Gasteiger partial charge in [0.15, 0.2) is 11.6 Å². The van der Waals surface area contributed by atoms with Crippen LogP contribution in [-0.4, -0.2) is 36.5 Å². The van der Waals surface area contributed by atoms with Crippen molar-refractivity contribution in [3.63, 3.8) is 0 Å². The number of anilines is 1. The number of halogens is 2. The van der Waals surface area contributed by atoms with E-state index in [1.807, 2.05) is 0 Å². The van der Waals surface area contributed by atoms with Crippen molar-refractivity contribution >= 4 is 11.6 Å². The van der Waals surface area contributed by atoms with Crippen LogP contribution < -0.4 is 4.90 Å². The molecule has 2 fully saturated rings. The number of nitrogens with zero attached hydrogens (tertiary/aromatic N) is 3. The second kappa shape index (κ2) is 4.75. The molecule has 20 heavy (non-hydrogen) atoms. The Hall–Kier alpha value is -2.16. The van der Waals surface area contributed by atoms with Gasteiger partial charge in [0.1, 0.15) is 5.69 Å². The molecule has 3 rings (SSSR count). The van der Waals surface area contributed by atoms with E-state index in [1.165, 1.54) is 0 Å². The van der Waals surface area contributed by atoms with Gasteiger partial charge >= 0.3 is 0 Å². The van der Waals surface area contributed by atoms with Crippen molar-refractivity contribution in [3.05, 3.63) is 29.3 Å². The monoisotopic (exact) mass is 277 g/mol. The number of carbonyl (C=O) groups is 1. The Morgan fingerprint density at radius 2 is 1.95 bits per heavy atom. The van der Waals surface area contributed by atoms with Crippen molar-refractivity contribution in [2.45, 2.75) is 18.9 Å². The standard InChI is InChI=1S/C14H13F2N3O/c15-11-5-9(7-17)6-12(16)14(11)18-3-4-19-10(8-18)1-2-13(19)20/h5-6,10H,1-4,8H2. The summed E-state index contributed by atoms with van der Waals surface area (Å²) in [6.07, 6.45) is 1.24. The quantitative estimate of drug-likeness (QED) is 0.784. The minimum absolute atomic E-state index is 0.0292. The molecule has 0 spiro atoms. The van der Waals surface area contributed by atoms with Crippen molar-refractivity contribution in [2.75, 3.05) is 24.5 Å². The zero-order valence-electron chi connectivity index (χ0n) is 10.8. The van der Waals surface area contributed by atoms with E-state index in [0.717, 1.165) is 18.6 Å². The lowest BCUT2D eigenvalue weighted by molar-refractivity contribution is -0.129. The summed E-state index contributed by atoms with van der Waals surface area (Å²) in [7, 11) is 0. The van der Waals surface area contributed by atoms with Crippen LogP contribution >= 0.6 is 0 Å². The zero-order chi connectivity index (χ0) is 14.3. The minimum Gasteiger partial charge on any atom is -0.363 e. The highest BCUT2D eigenvalue weighted by Gasteiger charge is 2.36. The van der Waals surface area contributed by atoms with Crippen LogP contribution in [0.15, 0.2) is 12.1 Å². The number of hydrogen-bond acceptors (Lipinski definition) is 3. The number of amides is 1. The Labute approximate surface area is 115 Å². The van der Waals surface area contributed by atoms with Gasteiger partial charge in [-0.05, 0) is 18.6 Å². The molecule has 2 aliphatic rings. The predicted octanol–water partition coefficient (Wildman–Crippen LogP) is 1.65. The van der Waals surface area contributed by atoms with Gasteiger partial charge in [-0.15, -0.1) is 0 Å². The maximum Gasteiger partial charge on any atom is 0.223 e. The van der Waals surface area contributed by atoms with E-state index in [4.69, 9.17) is 5.26 Å². The fourth-order valence-corrected chi connectivity index (χ4v) is 3.00. The van der Waals surface area contributed by atoms with Gasteiger partial charge in [-0.1, -0.05) is 0 Å². The Bertz CT molecular complexity index is 588. The van der Waals surface area contributed by atoms with Crippen molar-refractivity contribution in [3.8, 4) is 6.07 Å². The summed E-state index contributed by atoms with van der Waals surface area (Å²) in [5.41, 5.74) is -0.124. The van der Waals surface area contributed by atoms with E-state index in [-0.39, 0.29) is 23.2 Å². The molecule has 0 radical (unpaired) electrons. The third-order valence-corrected chi connectivity index (χ3v) is 3.96. The van der Waals surface area contributed by atoms with E-state index >= 15 is 0 Å². The summed E-state index contributed by atoms with van der Waals surface area (Å²) in [5.74, 6) is -1.32. The van der Waals surface area contributed by atoms with Crippen LogP contribution in [0.2, 0.25) is 0 Å². The largest absolute Gasteiger partial charge is 0.363 e. The molecule has 0 aliphatic carbocycles. The SMILES string of the molecule is N#Cc1cc(F)c(N2CCN3C(=O)CCC3C2)c(F)c1. The van der Waals surface area contributed by atoms with Crippen LogP contribution in [0.5, 0.6) is 0 Å². The summed E-state index contributed by atoms with van der Waals surface area (Å²) in [5, 5.41) is 8.70. The zero-order valence-corrected chi connectivity index (χ0v) is 10.8. The molecule has 1 aromatic carbocycles. The van der Waals surface area contributed by atoms with Gasteiger partial charge in [0.2, 0.25) is 5.91 Å². The fraction of sp³-hybridized carbons (Fsp3) is 0.429. The molecular formula is C14H13F2N3O. The summed E-state index contributed by atoms with van der Waals surface area (Å²) in [6.45, 7) is 1.33. The second-order valence-electron chi connectivity index (χ2n) is 5.13.